The third kappa shape index (κ3) is 8.30. The number of imidazole rings is 1. The van der Waals surface area contributed by atoms with Crippen LogP contribution in [0.15, 0.2) is 164 Å². The van der Waals surface area contributed by atoms with Crippen LogP contribution in [0.4, 0.5) is 0 Å². The molecule has 0 fully saturated rings. The summed E-state index contributed by atoms with van der Waals surface area (Å²) >= 11 is 1.67. The summed E-state index contributed by atoms with van der Waals surface area (Å²) in [6.07, 6.45) is 2.41. The number of hydrogen-bond acceptors (Lipinski definition) is 3. The van der Waals surface area contributed by atoms with Crippen LogP contribution < -0.4 is 0 Å². The largest absolute Gasteiger partial charge is 0.332 e. The van der Waals surface area contributed by atoms with E-state index >= 15 is 0 Å². The average Bonchev–Trinajstić information content (AvgIpc) is 3.82. The Morgan fingerprint density at radius 3 is 2.05 bits per heavy atom. The van der Waals surface area contributed by atoms with E-state index in [1.54, 1.807) is 29.5 Å². The molecule has 0 aliphatic rings. The van der Waals surface area contributed by atoms with Gasteiger partial charge in [-0.2, -0.15) is 0 Å². The molecule has 9 aromatic rings. The zero-order valence-corrected chi connectivity index (χ0v) is 34.1. The van der Waals surface area contributed by atoms with Crippen molar-refractivity contribution in [1.29, 1.82) is 0 Å². The molecule has 3 heterocycles. The van der Waals surface area contributed by atoms with Gasteiger partial charge in [-0.1, -0.05) is 157 Å². The number of para-hydroxylation sites is 3. The number of aryl methyl sites for hydroxylation is 1. The first-order valence-electron chi connectivity index (χ1n) is 19.6. The fourth-order valence-electron chi connectivity index (χ4n) is 6.92. The molecule has 0 spiro atoms. The summed E-state index contributed by atoms with van der Waals surface area (Å²) in [6, 6.07) is 57.1. The summed E-state index contributed by atoms with van der Waals surface area (Å²) in [5.41, 5.74) is 12.3. The maximum atomic E-state index is 7.23. The van der Waals surface area contributed by atoms with Crippen molar-refractivity contribution >= 4 is 32.5 Å². The number of benzene rings is 6. The first-order chi connectivity index (χ1) is 27.5. The van der Waals surface area contributed by atoms with Crippen LogP contribution in [-0.2, 0) is 26.5 Å². The van der Waals surface area contributed by atoms with Crippen LogP contribution in [0.3, 0.4) is 0 Å². The van der Waals surface area contributed by atoms with Crippen LogP contribution >= 0.6 is 11.3 Å². The number of thiophene rings is 1. The van der Waals surface area contributed by atoms with Crippen LogP contribution in [0.1, 0.15) is 36.0 Å². The second kappa shape index (κ2) is 16.5. The number of pyridine rings is 1. The first-order valence-corrected chi connectivity index (χ1v) is 18.9. The van der Waals surface area contributed by atoms with Crippen LogP contribution in [0.25, 0.3) is 71.7 Å². The summed E-state index contributed by atoms with van der Waals surface area (Å²) in [4.78, 5) is 9.42. The number of nitrogens with zero attached hydrogens (tertiary/aromatic N) is 3. The van der Waals surface area contributed by atoms with Gasteiger partial charge in [0, 0.05) is 41.5 Å². The number of hydrogen-bond donors (Lipinski definition) is 0. The number of rotatable bonds is 6. The molecule has 3 nitrogen and oxygen atoms in total. The molecule has 1 radical (unpaired) electrons. The van der Waals surface area contributed by atoms with Crippen molar-refractivity contribution in [3.63, 3.8) is 0 Å². The van der Waals surface area contributed by atoms with Crippen molar-refractivity contribution in [2.24, 2.45) is 5.41 Å². The molecule has 0 atom stereocenters. The average molecular weight is 911 g/mol. The molecule has 3 aromatic heterocycles. The van der Waals surface area contributed by atoms with Gasteiger partial charge in [-0.3, -0.25) is 16.3 Å². The molecule has 5 heteroatoms. The van der Waals surface area contributed by atoms with E-state index in [4.69, 9.17) is 9.10 Å². The van der Waals surface area contributed by atoms with Crippen molar-refractivity contribution in [2.75, 3.05) is 0 Å². The van der Waals surface area contributed by atoms with Crippen LogP contribution in [-0.4, -0.2) is 14.5 Å². The molecule has 0 unspecified atom stereocenters. The van der Waals surface area contributed by atoms with Gasteiger partial charge in [0.1, 0.15) is 0 Å². The molecule has 0 bridgehead atoms. The van der Waals surface area contributed by atoms with Crippen molar-refractivity contribution in [2.45, 2.75) is 34.0 Å². The molecule has 0 N–H and O–H groups in total. The quantitative estimate of drug-likeness (QED) is 0.156. The molecule has 0 saturated heterocycles. The Morgan fingerprint density at radius 2 is 1.42 bits per heavy atom. The molecule has 6 aromatic carbocycles. The fraction of sp³-hybridized carbons (Fsp3) is 0.120. The van der Waals surface area contributed by atoms with Crippen molar-refractivity contribution in [3.8, 4) is 50.6 Å². The summed E-state index contributed by atoms with van der Waals surface area (Å²) < 4.78 is 25.3. The Balaban J connectivity index is 0.000000254. The van der Waals surface area contributed by atoms with Gasteiger partial charge < -0.3 is 9.55 Å². The molecular weight excluding hydrogens is 867 g/mol. The second-order valence-corrected chi connectivity index (χ2v) is 15.4. The standard InChI is InChI=1S/C38H31N2S.C12H10N.Ir/c1-38(2,3)24-26-21-22-35-31(23-26)32(25-41-35)37-39-33-19-10-11-20-34(33)40(37)36-29(27-13-6-4-7-14-27)17-12-18-30(36)28-15-8-5-9-16-28;1-10-7-8-12(13-9-10)11-5-3-2-4-6-11;/h4-23H,24H2,1-3H3;2-5,7-9H,1H3;/q2*-1;/i;1D3;. The van der Waals surface area contributed by atoms with Gasteiger partial charge in [0.05, 0.1) is 22.5 Å². The SMILES string of the molecule is CC(C)(C)Cc1ccc2s[c-]c(-c3nc4ccccc4n3-c3c(-c4ccccc4)cccc3-c3ccccc3)c2c1.[2H]C([2H])([2H])c1ccc(-c2[c-]cccc2)nc1.[Ir]. The van der Waals surface area contributed by atoms with E-state index in [9.17, 15) is 0 Å². The molecule has 0 amide bonds. The second-order valence-electron chi connectivity index (χ2n) is 14.5. The molecule has 273 valence electrons. The summed E-state index contributed by atoms with van der Waals surface area (Å²) in [5, 5.41) is 4.88. The van der Waals surface area contributed by atoms with E-state index in [-0.39, 0.29) is 31.1 Å². The minimum absolute atomic E-state index is 0. The van der Waals surface area contributed by atoms with Gasteiger partial charge in [-0.05, 0) is 53.2 Å². The van der Waals surface area contributed by atoms with Gasteiger partial charge in [-0.15, -0.1) is 47.3 Å². The maximum absolute atomic E-state index is 7.23. The van der Waals surface area contributed by atoms with E-state index in [1.807, 2.05) is 18.2 Å². The molecule has 0 saturated carbocycles. The molecule has 0 aliphatic carbocycles. The maximum Gasteiger partial charge on any atom is 0.0774 e. The molecular formula is C50H41IrN3S-2. The van der Waals surface area contributed by atoms with E-state index in [0.29, 0.717) is 0 Å². The summed E-state index contributed by atoms with van der Waals surface area (Å²) in [6.45, 7) is 4.79. The smallest absolute Gasteiger partial charge is 0.0774 e. The van der Waals surface area contributed by atoms with E-state index in [1.165, 1.54) is 44.1 Å². The zero-order valence-electron chi connectivity index (χ0n) is 33.9. The zero-order chi connectivity index (χ0) is 39.6. The van der Waals surface area contributed by atoms with Gasteiger partial charge in [0.25, 0.3) is 0 Å². The fourth-order valence-corrected chi connectivity index (χ4v) is 7.74. The van der Waals surface area contributed by atoms with E-state index < -0.39 is 6.85 Å². The Morgan fingerprint density at radius 1 is 0.727 bits per heavy atom. The topological polar surface area (TPSA) is 30.7 Å². The monoisotopic (exact) mass is 911 g/mol. The predicted octanol–water partition coefficient (Wildman–Crippen LogP) is 13.5. The van der Waals surface area contributed by atoms with E-state index in [0.717, 1.165) is 45.8 Å². The third-order valence-electron chi connectivity index (χ3n) is 9.27. The van der Waals surface area contributed by atoms with Crippen LogP contribution in [0.5, 0.6) is 0 Å². The minimum Gasteiger partial charge on any atom is -0.332 e. The van der Waals surface area contributed by atoms with Crippen molar-refractivity contribution in [1.82, 2.24) is 14.5 Å². The van der Waals surface area contributed by atoms with Crippen molar-refractivity contribution < 1.29 is 24.2 Å². The predicted molar refractivity (Wildman–Crippen MR) is 228 cm³/mol. The Kier molecular flexibility index (Phi) is 10.2. The van der Waals surface area contributed by atoms with Crippen LogP contribution in [0.2, 0.25) is 0 Å². The Bertz CT molecular complexity index is 2710. The third-order valence-corrected chi connectivity index (χ3v) is 10.2. The molecule has 9 rings (SSSR count). The summed E-state index contributed by atoms with van der Waals surface area (Å²) in [7, 11) is 0. The summed E-state index contributed by atoms with van der Waals surface area (Å²) in [5.74, 6) is 0.922. The van der Waals surface area contributed by atoms with Gasteiger partial charge >= 0.3 is 0 Å². The number of aromatic nitrogens is 3. The van der Waals surface area contributed by atoms with Crippen LogP contribution in [0, 0.1) is 23.7 Å². The van der Waals surface area contributed by atoms with Crippen molar-refractivity contribution in [3.05, 3.63) is 186 Å². The minimum atomic E-state index is -2.09. The van der Waals surface area contributed by atoms with Gasteiger partial charge in [-0.25, -0.2) is 0 Å². The molecule has 55 heavy (non-hydrogen) atoms. The van der Waals surface area contributed by atoms with E-state index in [2.05, 4.69) is 163 Å². The first kappa shape index (κ1) is 34.1. The Labute approximate surface area is 346 Å². The number of fused-ring (bicyclic) bond motifs is 2. The van der Waals surface area contributed by atoms with Gasteiger partial charge in [0.2, 0.25) is 0 Å². The van der Waals surface area contributed by atoms with Gasteiger partial charge in [0.15, 0.2) is 0 Å². The molecule has 0 aliphatic heterocycles. The Hall–Kier alpha value is -5.45. The normalized spacial score (nSPS) is 12.2.